The van der Waals surface area contributed by atoms with Crippen molar-refractivity contribution < 1.29 is 13.6 Å². The van der Waals surface area contributed by atoms with Gasteiger partial charge >= 0.3 is 0 Å². The summed E-state index contributed by atoms with van der Waals surface area (Å²) in [5.41, 5.74) is 0.994. The van der Waals surface area contributed by atoms with Gasteiger partial charge in [0.2, 0.25) is 4.21 Å². The molecule has 2 atom stereocenters. The maximum absolute atomic E-state index is 12.8. The van der Waals surface area contributed by atoms with E-state index in [0.717, 1.165) is 24.2 Å². The fourth-order valence-electron chi connectivity index (χ4n) is 3.21. The fourth-order valence-corrected chi connectivity index (χ4v) is 5.91. The predicted octanol–water partition coefficient (Wildman–Crippen LogP) is 2.71. The van der Waals surface area contributed by atoms with Gasteiger partial charge < -0.3 is 9.39 Å². The average molecular weight is 363 g/mol. The largest absolute Gasteiger partial charge is 0.592 e. The second-order valence-electron chi connectivity index (χ2n) is 6.08. The minimum absolute atomic E-state index is 0.326. The third-order valence-electron chi connectivity index (χ3n) is 4.39. The van der Waals surface area contributed by atoms with Gasteiger partial charge in [0.15, 0.2) is 16.0 Å². The molecule has 1 saturated heterocycles. The highest BCUT2D eigenvalue weighted by Gasteiger charge is 2.48. The predicted molar refractivity (Wildman–Crippen MR) is 91.4 cm³/mol. The zero-order valence-corrected chi connectivity index (χ0v) is 14.6. The minimum atomic E-state index is -3.46. The Balaban J connectivity index is 1.53. The number of thiophene rings is 1. The molecule has 2 aromatic heterocycles. The normalized spacial score (nSPS) is 26.8. The lowest BCUT2D eigenvalue weighted by atomic mass is 9.88. The number of oxime groups is 1. The lowest BCUT2D eigenvalue weighted by molar-refractivity contribution is -0.0533. The van der Waals surface area contributed by atoms with E-state index < -0.39 is 16.0 Å². The first-order valence-corrected chi connectivity index (χ1v) is 10.1. The summed E-state index contributed by atoms with van der Waals surface area (Å²) in [5, 5.41) is 5.98. The van der Waals surface area contributed by atoms with Crippen LogP contribution in [0.25, 0.3) is 0 Å². The first-order chi connectivity index (χ1) is 11.6. The van der Waals surface area contributed by atoms with E-state index in [1.165, 1.54) is 15.6 Å². The van der Waals surface area contributed by atoms with Crippen LogP contribution in [0, 0.1) is 0 Å². The molecule has 0 N–H and O–H groups in total. The van der Waals surface area contributed by atoms with Gasteiger partial charge in [0, 0.05) is 25.2 Å². The molecule has 24 heavy (non-hydrogen) atoms. The monoisotopic (exact) mass is 363 g/mol. The van der Waals surface area contributed by atoms with Gasteiger partial charge in [0.1, 0.15) is 5.71 Å². The molecule has 126 valence electrons. The zero-order valence-electron chi connectivity index (χ0n) is 13.0. The average Bonchev–Trinajstić information content (AvgIpc) is 3.27. The minimum Gasteiger partial charge on any atom is -0.592 e. The molecule has 0 amide bonds. The SMILES string of the molecule is O=[S+]([O-])(c1cccs1)N1CCCC2(CC(c3ccccn3)=NO2)C1. The Labute approximate surface area is 145 Å². The number of hydrogen-bond donors (Lipinski definition) is 0. The van der Waals surface area contributed by atoms with Crippen LogP contribution in [0.5, 0.6) is 0 Å². The summed E-state index contributed by atoms with van der Waals surface area (Å²) < 4.78 is 27.4. The van der Waals surface area contributed by atoms with Crippen LogP contribution >= 0.6 is 11.3 Å². The van der Waals surface area contributed by atoms with Crippen molar-refractivity contribution in [2.45, 2.75) is 29.1 Å². The molecule has 1 spiro atoms. The number of nitrogens with zero attached hydrogens (tertiary/aromatic N) is 3. The van der Waals surface area contributed by atoms with Crippen molar-refractivity contribution in [1.29, 1.82) is 0 Å². The van der Waals surface area contributed by atoms with E-state index in [4.69, 9.17) is 4.84 Å². The quantitative estimate of drug-likeness (QED) is 0.786. The molecule has 6 nitrogen and oxygen atoms in total. The van der Waals surface area contributed by atoms with Crippen molar-refractivity contribution >= 4 is 27.4 Å². The van der Waals surface area contributed by atoms with E-state index in [9.17, 15) is 8.76 Å². The molecule has 0 bridgehead atoms. The molecule has 1 fully saturated rings. The van der Waals surface area contributed by atoms with Gasteiger partial charge in [-0.3, -0.25) is 4.98 Å². The highest BCUT2D eigenvalue weighted by Crippen LogP contribution is 2.38. The van der Waals surface area contributed by atoms with Gasteiger partial charge in [-0.1, -0.05) is 26.8 Å². The molecular formula is C16H17N3O3S2. The van der Waals surface area contributed by atoms with E-state index in [1.54, 1.807) is 23.7 Å². The Morgan fingerprint density at radius 1 is 1.33 bits per heavy atom. The first-order valence-electron chi connectivity index (χ1n) is 7.79. The molecule has 8 heteroatoms. The second kappa shape index (κ2) is 6.03. The molecule has 2 aliphatic rings. The molecule has 2 aromatic rings. The maximum Gasteiger partial charge on any atom is 0.229 e. The molecule has 0 radical (unpaired) electrons. The summed E-state index contributed by atoms with van der Waals surface area (Å²) in [6.45, 7) is 0.845. The van der Waals surface area contributed by atoms with E-state index in [0.29, 0.717) is 23.7 Å². The van der Waals surface area contributed by atoms with Gasteiger partial charge in [0.05, 0.1) is 12.2 Å². The smallest absolute Gasteiger partial charge is 0.229 e. The number of rotatable bonds is 3. The van der Waals surface area contributed by atoms with Crippen molar-refractivity contribution in [2.75, 3.05) is 13.1 Å². The molecule has 4 rings (SSSR count). The van der Waals surface area contributed by atoms with E-state index >= 15 is 0 Å². The molecular weight excluding hydrogens is 346 g/mol. The van der Waals surface area contributed by atoms with Crippen LogP contribution in [0.4, 0.5) is 0 Å². The van der Waals surface area contributed by atoms with E-state index in [-0.39, 0.29) is 0 Å². The highest BCUT2D eigenvalue weighted by molar-refractivity contribution is 7.97. The van der Waals surface area contributed by atoms with Gasteiger partial charge in [-0.05, 0) is 36.4 Å². The summed E-state index contributed by atoms with van der Waals surface area (Å²) in [6, 6.07) is 9.05. The molecule has 2 unspecified atom stereocenters. The van der Waals surface area contributed by atoms with Crippen molar-refractivity contribution in [1.82, 2.24) is 9.29 Å². The first kappa shape index (κ1) is 15.9. The number of sulfonamides is 1. The summed E-state index contributed by atoms with van der Waals surface area (Å²) in [5.74, 6) is 0. The van der Waals surface area contributed by atoms with E-state index in [1.807, 2.05) is 18.2 Å². The van der Waals surface area contributed by atoms with Crippen LogP contribution in [-0.2, 0) is 19.4 Å². The van der Waals surface area contributed by atoms with Crippen molar-refractivity contribution in [3.8, 4) is 0 Å². The van der Waals surface area contributed by atoms with Crippen molar-refractivity contribution in [2.24, 2.45) is 5.16 Å². The Bertz CT molecular complexity index is 794. The maximum atomic E-state index is 12.8. The topological polar surface area (TPSA) is 77.9 Å². The molecule has 0 aliphatic carbocycles. The summed E-state index contributed by atoms with van der Waals surface area (Å²) >= 11 is 1.24. The van der Waals surface area contributed by atoms with Crippen LogP contribution in [0.15, 0.2) is 51.3 Å². The lowest BCUT2D eigenvalue weighted by Crippen LogP contribution is -2.52. The van der Waals surface area contributed by atoms with Crippen molar-refractivity contribution in [3.63, 3.8) is 0 Å². The van der Waals surface area contributed by atoms with Crippen LogP contribution in [0.2, 0.25) is 0 Å². The Hall–Kier alpha value is -1.61. The fraction of sp³-hybridized carbons (Fsp3) is 0.375. The summed E-state index contributed by atoms with van der Waals surface area (Å²) in [6.07, 6.45) is 3.86. The van der Waals surface area contributed by atoms with Gasteiger partial charge in [-0.25, -0.2) is 0 Å². The summed E-state index contributed by atoms with van der Waals surface area (Å²) in [4.78, 5) is 10.0. The van der Waals surface area contributed by atoms with Crippen LogP contribution in [-0.4, -0.2) is 38.2 Å². The Morgan fingerprint density at radius 2 is 2.25 bits per heavy atom. The molecule has 0 aromatic carbocycles. The second-order valence-corrected chi connectivity index (χ2v) is 9.19. The Morgan fingerprint density at radius 3 is 3.00 bits per heavy atom. The highest BCUT2D eigenvalue weighted by atomic mass is 32.3. The number of piperidine rings is 1. The van der Waals surface area contributed by atoms with Crippen molar-refractivity contribution in [3.05, 3.63) is 47.6 Å². The Kier molecular flexibility index (Phi) is 4.00. The third kappa shape index (κ3) is 2.79. The lowest BCUT2D eigenvalue weighted by Gasteiger charge is -2.38. The number of aromatic nitrogens is 1. The summed E-state index contributed by atoms with van der Waals surface area (Å²) in [7, 11) is -3.46. The third-order valence-corrected chi connectivity index (χ3v) is 7.61. The zero-order chi connectivity index (χ0) is 16.6. The molecule has 0 saturated carbocycles. The van der Waals surface area contributed by atoms with E-state index in [2.05, 4.69) is 10.1 Å². The molecule has 2 aliphatic heterocycles. The number of hydrogen-bond acceptors (Lipinski definition) is 6. The van der Waals surface area contributed by atoms with Gasteiger partial charge in [0.25, 0.3) is 0 Å². The number of pyridine rings is 1. The van der Waals surface area contributed by atoms with Crippen LogP contribution in [0.3, 0.4) is 0 Å². The van der Waals surface area contributed by atoms with Gasteiger partial charge in [-0.15, -0.1) is 4.31 Å². The molecule has 4 heterocycles. The standard InChI is InChI=1S/C16H17N3O3S2/c20-24(21,15-6-3-10-23-15)19-9-4-7-16(12-19)11-14(18-22-16)13-5-1-2-8-17-13/h1-3,5-6,8,10H,4,7,9,11-12H2. The van der Waals surface area contributed by atoms with Gasteiger partial charge in [-0.2, -0.15) is 0 Å². The van der Waals surface area contributed by atoms with Crippen LogP contribution < -0.4 is 0 Å². The van der Waals surface area contributed by atoms with Crippen LogP contribution in [0.1, 0.15) is 25.0 Å².